The third-order valence-corrected chi connectivity index (χ3v) is 10.5. The van der Waals surface area contributed by atoms with Gasteiger partial charge in [-0.05, 0) is 77.0 Å². The zero-order chi connectivity index (χ0) is 40.4. The average molecular weight is 783 g/mol. The van der Waals surface area contributed by atoms with Crippen LogP contribution in [0.2, 0.25) is 0 Å². The maximum Gasteiger partial charge on any atom is 0.473 e. The van der Waals surface area contributed by atoms with Crippen molar-refractivity contribution in [2.75, 3.05) is 40.9 Å². The molecule has 0 aliphatic carbocycles. The van der Waals surface area contributed by atoms with Gasteiger partial charge in [0.15, 0.2) is 11.6 Å². The molecule has 0 aromatic heterocycles. The number of nitrogens with zero attached hydrogens (tertiary/aromatic N) is 1. The van der Waals surface area contributed by atoms with Crippen LogP contribution in [0.25, 0.3) is 0 Å². The van der Waals surface area contributed by atoms with E-state index in [4.69, 9.17) is 9.05 Å². The molecule has 0 aliphatic rings. The van der Waals surface area contributed by atoms with Gasteiger partial charge in [-0.3, -0.25) is 18.6 Å². The minimum Gasteiger partial charge on any atom is -0.394 e. The topological polar surface area (TPSA) is 130 Å². The van der Waals surface area contributed by atoms with Crippen molar-refractivity contribution >= 4 is 19.4 Å². The molecule has 0 aromatic carbocycles. The number of aliphatic hydroxyl groups excluding tert-OH is 2. The van der Waals surface area contributed by atoms with Gasteiger partial charge >= 0.3 is 7.82 Å². The third kappa shape index (κ3) is 27.8. The molecule has 1 unspecified atom stereocenters. The number of phosphoric ester groups is 1. The zero-order valence-electron chi connectivity index (χ0n) is 35.1. The van der Waals surface area contributed by atoms with E-state index in [-0.39, 0.29) is 19.4 Å². The first-order chi connectivity index (χ1) is 25.9. The Labute approximate surface area is 330 Å². The minimum absolute atomic E-state index is 0.131. The number of likely N-dealkylation sites (N-methyl/N-ethyl adjacent to an activating group) is 1. The molecule has 0 saturated heterocycles. The highest BCUT2D eigenvalue weighted by Crippen LogP contribution is 2.49. The molecule has 2 atom stereocenters. The van der Waals surface area contributed by atoms with Gasteiger partial charge in [-0.15, -0.1) is 0 Å². The Morgan fingerprint density at radius 3 is 1.37 bits per heavy atom. The number of hydrogen-bond acceptors (Lipinski definition) is 7. The Balaban J connectivity index is 5.10. The van der Waals surface area contributed by atoms with E-state index in [1.165, 1.54) is 38.5 Å². The normalized spacial score (nSPS) is 14.6. The van der Waals surface area contributed by atoms with Crippen molar-refractivity contribution in [1.29, 1.82) is 0 Å². The fourth-order valence-corrected chi connectivity index (χ4v) is 7.08. The van der Waals surface area contributed by atoms with E-state index in [2.05, 4.69) is 62.5 Å². The van der Waals surface area contributed by atoms with Crippen molar-refractivity contribution in [3.8, 4) is 0 Å². The lowest BCUT2D eigenvalue weighted by molar-refractivity contribution is -0.870. The van der Waals surface area contributed by atoms with Crippen molar-refractivity contribution in [2.45, 2.75) is 180 Å². The summed E-state index contributed by atoms with van der Waals surface area (Å²) in [5.41, 5.74) is -2.68. The van der Waals surface area contributed by atoms with Gasteiger partial charge in [0.2, 0.25) is 5.60 Å². The van der Waals surface area contributed by atoms with Crippen LogP contribution in [0.1, 0.15) is 168 Å². The Kier molecular flexibility index (Phi) is 32.4. The SMILES string of the molecule is CCCCC/C=C\C/C=C\CCCCCCCC(=O)C(OP(=O)(O)OCC[N+](C)(C)C)(C(=O)CCCCCCC/C=C\C/C=C\CCCCC)[C@@H](O)CO. The molecule has 0 radical (unpaired) electrons. The molecule has 0 aromatic rings. The minimum atomic E-state index is -4.97. The predicted octanol–water partition coefficient (Wildman–Crippen LogP) is 10.7. The molecule has 0 spiro atoms. The van der Waals surface area contributed by atoms with Crippen LogP contribution in [0.5, 0.6) is 0 Å². The van der Waals surface area contributed by atoms with Gasteiger partial charge < -0.3 is 19.6 Å². The predicted molar refractivity (Wildman–Crippen MR) is 224 cm³/mol. The van der Waals surface area contributed by atoms with E-state index in [1.807, 2.05) is 21.1 Å². The first kappa shape index (κ1) is 52.3. The molecule has 54 heavy (non-hydrogen) atoms. The molecule has 9 nitrogen and oxygen atoms in total. The largest absolute Gasteiger partial charge is 0.473 e. The maximum absolute atomic E-state index is 13.8. The van der Waals surface area contributed by atoms with E-state index >= 15 is 0 Å². The summed E-state index contributed by atoms with van der Waals surface area (Å²) in [7, 11) is 0.688. The molecule has 314 valence electrons. The summed E-state index contributed by atoms with van der Waals surface area (Å²) in [6, 6.07) is 0. The third-order valence-electron chi connectivity index (χ3n) is 9.46. The average Bonchev–Trinajstić information content (AvgIpc) is 3.12. The van der Waals surface area contributed by atoms with Crippen molar-refractivity contribution in [2.24, 2.45) is 0 Å². The van der Waals surface area contributed by atoms with E-state index in [1.54, 1.807) is 0 Å². The molecule has 0 bridgehead atoms. The number of carbonyl (C=O) groups excluding carboxylic acids is 2. The number of hydrogen-bond donors (Lipinski definition) is 3. The van der Waals surface area contributed by atoms with Gasteiger partial charge in [-0.2, -0.15) is 0 Å². The summed E-state index contributed by atoms with van der Waals surface area (Å²) in [5, 5.41) is 20.9. The van der Waals surface area contributed by atoms with Crippen LogP contribution in [0.4, 0.5) is 0 Å². The Morgan fingerprint density at radius 1 is 0.630 bits per heavy atom. The molecule has 0 heterocycles. The van der Waals surface area contributed by atoms with Crippen molar-refractivity contribution in [1.82, 2.24) is 0 Å². The van der Waals surface area contributed by atoms with Crippen molar-refractivity contribution < 1.29 is 42.8 Å². The Bertz CT molecular complexity index is 1050. The summed E-state index contributed by atoms with van der Waals surface area (Å²) in [4.78, 5) is 38.2. The van der Waals surface area contributed by atoms with Crippen molar-refractivity contribution in [3.05, 3.63) is 48.6 Å². The fourth-order valence-electron chi connectivity index (χ4n) is 6.02. The van der Waals surface area contributed by atoms with E-state index in [9.17, 15) is 29.3 Å². The van der Waals surface area contributed by atoms with E-state index < -0.39 is 37.7 Å². The molecule has 0 aliphatic heterocycles. The highest BCUT2D eigenvalue weighted by atomic mass is 31.2. The summed E-state index contributed by atoms with van der Waals surface area (Å²) in [6.07, 6.45) is 37.3. The smallest absolute Gasteiger partial charge is 0.394 e. The Morgan fingerprint density at radius 2 is 1.00 bits per heavy atom. The monoisotopic (exact) mass is 783 g/mol. The fraction of sp³-hybridized carbons (Fsp3) is 0.773. The number of Topliss-reactive ketones (excluding diaryl/α,β-unsaturated/α-hetero) is 2. The van der Waals surface area contributed by atoms with E-state index in [0.29, 0.717) is 23.9 Å². The molecular weight excluding hydrogens is 701 g/mol. The summed E-state index contributed by atoms with van der Waals surface area (Å²) < 4.78 is 24.2. The first-order valence-corrected chi connectivity index (χ1v) is 22.8. The molecule has 3 N–H and O–H groups in total. The number of rotatable bonds is 38. The second-order valence-corrected chi connectivity index (χ2v) is 17.0. The number of phosphoric acid groups is 1. The van der Waals surface area contributed by atoms with Crippen LogP contribution in [-0.2, 0) is 23.2 Å². The lowest BCUT2D eigenvalue weighted by Crippen LogP contribution is -2.58. The van der Waals surface area contributed by atoms with Gasteiger partial charge in [0.1, 0.15) is 19.3 Å². The maximum atomic E-state index is 13.8. The number of aliphatic hydroxyl groups is 2. The molecule has 10 heteroatoms. The van der Waals surface area contributed by atoms with Gasteiger partial charge in [-0.1, -0.05) is 127 Å². The van der Waals surface area contributed by atoms with Crippen LogP contribution >= 0.6 is 7.82 Å². The van der Waals surface area contributed by atoms with E-state index in [0.717, 1.165) is 89.9 Å². The van der Waals surface area contributed by atoms with Crippen molar-refractivity contribution in [3.63, 3.8) is 0 Å². The van der Waals surface area contributed by atoms with Gasteiger partial charge in [-0.25, -0.2) is 4.57 Å². The highest BCUT2D eigenvalue weighted by Gasteiger charge is 2.55. The van der Waals surface area contributed by atoms with Gasteiger partial charge in [0.05, 0.1) is 27.7 Å². The summed E-state index contributed by atoms with van der Waals surface area (Å²) in [6.45, 7) is 3.64. The lowest BCUT2D eigenvalue weighted by atomic mass is 9.82. The standard InChI is InChI=1S/C44H80NO8P/c1-6-8-10-12-14-16-18-20-22-24-26-28-30-32-34-36-41(47)44(43(49)40-46,53-54(50,51)52-39-38-45(3,4)5)42(48)37-35-33-31-29-27-25-23-21-19-17-15-13-11-9-7-2/h14-17,20-23,43,46,49H,6-13,18-19,24-40H2,1-5H3/p+1/b16-14-,17-15-,22-20-,23-21-/t43-/m0/s1. The lowest BCUT2D eigenvalue weighted by Gasteiger charge is -2.35. The molecule has 0 rings (SSSR count). The van der Waals surface area contributed by atoms with Crippen LogP contribution in [0.15, 0.2) is 48.6 Å². The number of quaternary nitrogens is 1. The summed E-state index contributed by atoms with van der Waals surface area (Å²) in [5.74, 6) is -1.60. The highest BCUT2D eigenvalue weighted by molar-refractivity contribution is 7.47. The molecule has 0 fully saturated rings. The van der Waals surface area contributed by atoms with Crippen LogP contribution in [0, 0.1) is 0 Å². The summed E-state index contributed by atoms with van der Waals surface area (Å²) >= 11 is 0. The Hall–Kier alpha value is -1.71. The number of unbranched alkanes of at least 4 members (excludes halogenated alkanes) is 16. The van der Waals surface area contributed by atoms with Crippen LogP contribution in [-0.4, -0.2) is 83.8 Å². The second-order valence-electron chi connectivity index (χ2n) is 15.6. The van der Waals surface area contributed by atoms with Crippen LogP contribution < -0.4 is 0 Å². The number of carbonyl (C=O) groups is 2. The second kappa shape index (κ2) is 33.4. The molecule has 0 amide bonds. The number of allylic oxidation sites excluding steroid dienone is 8. The zero-order valence-corrected chi connectivity index (χ0v) is 36.0. The van der Waals surface area contributed by atoms with Gasteiger partial charge in [0, 0.05) is 12.8 Å². The first-order valence-electron chi connectivity index (χ1n) is 21.3. The molecule has 0 saturated carbocycles. The number of ketones is 2. The van der Waals surface area contributed by atoms with Gasteiger partial charge in [0.25, 0.3) is 0 Å². The molecular formula is C44H81NO8P+. The van der Waals surface area contributed by atoms with Crippen LogP contribution in [0.3, 0.4) is 0 Å². The quantitative estimate of drug-likeness (QED) is 0.0186.